The predicted molar refractivity (Wildman–Crippen MR) is 56.9 cm³/mol. The van der Waals surface area contributed by atoms with Crippen LogP contribution in [-0.2, 0) is 16.6 Å². The smallest absolute Gasteiger partial charge is 0.249 e. The summed E-state index contributed by atoms with van der Waals surface area (Å²) in [5, 5.41) is 5.61. The van der Waals surface area contributed by atoms with Crippen LogP contribution >= 0.6 is 0 Å². The van der Waals surface area contributed by atoms with Gasteiger partial charge in [0.2, 0.25) is 0 Å². The van der Waals surface area contributed by atoms with Crippen LogP contribution < -0.4 is 4.72 Å². The Hall–Kier alpha value is -1.73. The highest BCUT2D eigenvalue weighted by atomic mass is 32.2. The number of benzene rings is 1. The van der Waals surface area contributed by atoms with E-state index in [2.05, 4.69) is 19.9 Å². The standard InChI is InChI=1S/C9H10N4O2S/c14-16(15,9-10-7-11-13-9)12-6-8-4-2-1-3-5-8/h1-5,7,12H,6H2,(H,10,11,13). The van der Waals surface area contributed by atoms with Crippen molar-refractivity contribution in [1.29, 1.82) is 0 Å². The van der Waals surface area contributed by atoms with E-state index in [9.17, 15) is 8.42 Å². The molecule has 0 unspecified atom stereocenters. The molecule has 2 aromatic rings. The number of aromatic nitrogens is 3. The lowest BCUT2D eigenvalue weighted by Gasteiger charge is -2.03. The number of sulfonamides is 1. The van der Waals surface area contributed by atoms with E-state index in [1.54, 1.807) is 0 Å². The average Bonchev–Trinajstić information content (AvgIpc) is 2.82. The van der Waals surface area contributed by atoms with Gasteiger partial charge in [0.15, 0.2) is 0 Å². The molecule has 0 fully saturated rings. The predicted octanol–water partition coefficient (Wildman–Crippen LogP) is 0.283. The molecule has 7 heteroatoms. The van der Waals surface area contributed by atoms with Gasteiger partial charge in [-0.3, -0.25) is 0 Å². The molecule has 16 heavy (non-hydrogen) atoms. The lowest BCUT2D eigenvalue weighted by Crippen LogP contribution is -2.24. The maximum absolute atomic E-state index is 11.6. The maximum atomic E-state index is 11.6. The first-order chi connectivity index (χ1) is 7.68. The third-order valence-corrected chi connectivity index (χ3v) is 3.19. The Morgan fingerprint density at radius 1 is 1.25 bits per heavy atom. The lowest BCUT2D eigenvalue weighted by atomic mass is 10.2. The average molecular weight is 238 g/mol. The molecule has 1 aromatic heterocycles. The highest BCUT2D eigenvalue weighted by Gasteiger charge is 2.16. The molecule has 6 nitrogen and oxygen atoms in total. The molecule has 0 radical (unpaired) electrons. The Balaban J connectivity index is 2.07. The second-order valence-electron chi connectivity index (χ2n) is 3.10. The molecule has 0 aliphatic carbocycles. The van der Waals surface area contributed by atoms with Crippen LogP contribution in [0.2, 0.25) is 0 Å². The summed E-state index contributed by atoms with van der Waals surface area (Å²) in [7, 11) is -3.59. The molecule has 1 aromatic carbocycles. The number of nitrogens with one attached hydrogen (secondary N) is 2. The van der Waals surface area contributed by atoms with Crippen LogP contribution in [0.3, 0.4) is 0 Å². The number of aromatic amines is 1. The third kappa shape index (κ3) is 2.44. The molecule has 0 saturated carbocycles. The summed E-state index contributed by atoms with van der Waals surface area (Å²) < 4.78 is 25.7. The highest BCUT2D eigenvalue weighted by molar-refractivity contribution is 7.89. The second kappa shape index (κ2) is 4.42. The molecule has 0 aliphatic rings. The van der Waals surface area contributed by atoms with Crippen LogP contribution in [0.1, 0.15) is 5.56 Å². The Morgan fingerprint density at radius 2 is 2.00 bits per heavy atom. The van der Waals surface area contributed by atoms with E-state index >= 15 is 0 Å². The van der Waals surface area contributed by atoms with Gasteiger partial charge >= 0.3 is 0 Å². The molecule has 0 amide bonds. The molecule has 1 heterocycles. The van der Waals surface area contributed by atoms with E-state index in [0.29, 0.717) is 0 Å². The minimum atomic E-state index is -3.59. The number of hydrogen-bond acceptors (Lipinski definition) is 4. The van der Waals surface area contributed by atoms with E-state index in [1.807, 2.05) is 30.3 Å². The quantitative estimate of drug-likeness (QED) is 0.801. The summed E-state index contributed by atoms with van der Waals surface area (Å²) in [6, 6.07) is 9.23. The van der Waals surface area contributed by atoms with Crippen LogP contribution in [0.5, 0.6) is 0 Å². The first-order valence-corrected chi connectivity index (χ1v) is 6.06. The van der Waals surface area contributed by atoms with Gasteiger partial charge in [-0.15, -0.1) is 0 Å². The minimum absolute atomic E-state index is 0.177. The monoisotopic (exact) mass is 238 g/mol. The SMILES string of the molecule is O=S(=O)(NCc1ccccc1)c1ncn[nH]1. The van der Waals surface area contributed by atoms with E-state index in [-0.39, 0.29) is 11.7 Å². The van der Waals surface area contributed by atoms with Gasteiger partial charge in [0.1, 0.15) is 6.33 Å². The fourth-order valence-corrected chi connectivity index (χ4v) is 2.02. The molecule has 84 valence electrons. The van der Waals surface area contributed by atoms with Crippen molar-refractivity contribution in [2.24, 2.45) is 0 Å². The second-order valence-corrected chi connectivity index (χ2v) is 4.78. The van der Waals surface area contributed by atoms with Crippen LogP contribution in [-0.4, -0.2) is 23.6 Å². The van der Waals surface area contributed by atoms with Crippen LogP contribution in [0, 0.1) is 0 Å². The van der Waals surface area contributed by atoms with E-state index < -0.39 is 10.0 Å². The molecular weight excluding hydrogens is 228 g/mol. The van der Waals surface area contributed by atoms with Gasteiger partial charge in [0.05, 0.1) is 0 Å². The Kier molecular flexibility index (Phi) is 2.97. The molecule has 0 aliphatic heterocycles. The first kappa shape index (κ1) is 10.8. The van der Waals surface area contributed by atoms with Crippen LogP contribution in [0.25, 0.3) is 0 Å². The normalized spacial score (nSPS) is 11.5. The first-order valence-electron chi connectivity index (χ1n) is 4.57. The number of nitrogens with zero attached hydrogens (tertiary/aromatic N) is 2. The van der Waals surface area contributed by atoms with Gasteiger partial charge in [-0.05, 0) is 5.56 Å². The van der Waals surface area contributed by atoms with Crippen molar-refractivity contribution >= 4 is 10.0 Å². The molecule has 0 spiro atoms. The minimum Gasteiger partial charge on any atom is -0.249 e. The topological polar surface area (TPSA) is 87.7 Å². The summed E-state index contributed by atoms with van der Waals surface area (Å²) in [5.74, 6) is 0. The summed E-state index contributed by atoms with van der Waals surface area (Å²) in [4.78, 5) is 3.58. The third-order valence-electron chi connectivity index (χ3n) is 1.96. The van der Waals surface area contributed by atoms with E-state index in [0.717, 1.165) is 11.9 Å². The van der Waals surface area contributed by atoms with Crippen molar-refractivity contribution in [3.63, 3.8) is 0 Å². The van der Waals surface area contributed by atoms with E-state index in [4.69, 9.17) is 0 Å². The van der Waals surface area contributed by atoms with Gasteiger partial charge in [-0.25, -0.2) is 23.2 Å². The number of H-pyrrole nitrogens is 1. The fourth-order valence-electron chi connectivity index (χ4n) is 1.17. The molecule has 2 rings (SSSR count). The lowest BCUT2D eigenvalue weighted by molar-refractivity contribution is 0.572. The summed E-state index contributed by atoms with van der Waals surface area (Å²) in [5.41, 5.74) is 0.880. The van der Waals surface area contributed by atoms with Crippen molar-refractivity contribution in [1.82, 2.24) is 19.9 Å². The zero-order valence-electron chi connectivity index (χ0n) is 8.29. The van der Waals surface area contributed by atoms with Crippen LogP contribution in [0.4, 0.5) is 0 Å². The van der Waals surface area contributed by atoms with Crippen molar-refractivity contribution in [3.8, 4) is 0 Å². The number of hydrogen-bond donors (Lipinski definition) is 2. The number of rotatable bonds is 4. The Morgan fingerprint density at radius 3 is 2.62 bits per heavy atom. The summed E-state index contributed by atoms with van der Waals surface area (Å²) >= 11 is 0. The Bertz CT molecular complexity index is 536. The van der Waals surface area contributed by atoms with Crippen molar-refractivity contribution in [3.05, 3.63) is 42.2 Å². The molecule has 0 saturated heterocycles. The largest absolute Gasteiger partial charge is 0.276 e. The highest BCUT2D eigenvalue weighted by Crippen LogP contribution is 2.02. The van der Waals surface area contributed by atoms with Gasteiger partial charge in [0, 0.05) is 6.54 Å². The van der Waals surface area contributed by atoms with Gasteiger partial charge in [-0.1, -0.05) is 30.3 Å². The van der Waals surface area contributed by atoms with Gasteiger partial charge in [0.25, 0.3) is 15.2 Å². The molecule has 0 atom stereocenters. The van der Waals surface area contributed by atoms with Crippen molar-refractivity contribution in [2.75, 3.05) is 0 Å². The zero-order chi connectivity index (χ0) is 11.4. The Labute approximate surface area is 92.8 Å². The van der Waals surface area contributed by atoms with E-state index in [1.165, 1.54) is 0 Å². The molecule has 0 bridgehead atoms. The zero-order valence-corrected chi connectivity index (χ0v) is 9.11. The molecular formula is C9H10N4O2S. The maximum Gasteiger partial charge on any atom is 0.276 e. The fraction of sp³-hybridized carbons (Fsp3) is 0.111. The summed E-state index contributed by atoms with van der Waals surface area (Å²) in [6.45, 7) is 0.226. The summed E-state index contributed by atoms with van der Waals surface area (Å²) in [6.07, 6.45) is 1.15. The van der Waals surface area contributed by atoms with Crippen molar-refractivity contribution in [2.45, 2.75) is 11.7 Å². The van der Waals surface area contributed by atoms with Crippen LogP contribution in [0.15, 0.2) is 41.8 Å². The van der Waals surface area contributed by atoms with Gasteiger partial charge in [-0.2, -0.15) is 5.10 Å². The molecule has 2 N–H and O–H groups in total. The van der Waals surface area contributed by atoms with Gasteiger partial charge < -0.3 is 0 Å². The van der Waals surface area contributed by atoms with Crippen molar-refractivity contribution < 1.29 is 8.42 Å².